The zero-order chi connectivity index (χ0) is 11.5. The molecule has 0 aromatic carbocycles. The first-order valence-electron chi connectivity index (χ1n) is 6.49. The molecular weight excluding hydrogens is 200 g/mol. The zero-order valence-corrected chi connectivity index (χ0v) is 10.2. The average Bonchev–Trinajstić information content (AvgIpc) is 2.72. The maximum Gasteiger partial charge on any atom is 0.333 e. The maximum absolute atomic E-state index is 11.3. The maximum atomic E-state index is 11.3. The Labute approximate surface area is 98.1 Å². The lowest BCUT2D eigenvalue weighted by Crippen LogP contribution is -2.25. The molecule has 0 bridgehead atoms. The van der Waals surface area contributed by atoms with Crippen LogP contribution in [0.1, 0.15) is 45.4 Å². The van der Waals surface area contributed by atoms with E-state index in [1.54, 1.807) is 6.92 Å². The molecule has 0 N–H and O–H groups in total. The van der Waals surface area contributed by atoms with Crippen LogP contribution in [-0.2, 0) is 9.53 Å². The number of rotatable bonds is 3. The fourth-order valence-electron chi connectivity index (χ4n) is 3.27. The summed E-state index contributed by atoms with van der Waals surface area (Å²) in [6, 6.07) is 0. The quantitative estimate of drug-likeness (QED) is 0.541. The van der Waals surface area contributed by atoms with Gasteiger partial charge in [-0.05, 0) is 43.9 Å². The van der Waals surface area contributed by atoms with E-state index in [4.69, 9.17) is 4.74 Å². The summed E-state index contributed by atoms with van der Waals surface area (Å²) in [5.41, 5.74) is 0.509. The summed E-state index contributed by atoms with van der Waals surface area (Å²) < 4.78 is 5.25. The highest BCUT2D eigenvalue weighted by atomic mass is 16.5. The molecule has 0 saturated heterocycles. The average molecular weight is 222 g/mol. The second-order valence-electron chi connectivity index (χ2n) is 5.51. The number of esters is 1. The summed E-state index contributed by atoms with van der Waals surface area (Å²) in [4.78, 5) is 11.3. The van der Waals surface area contributed by atoms with Crippen molar-refractivity contribution in [1.82, 2.24) is 0 Å². The summed E-state index contributed by atoms with van der Waals surface area (Å²) >= 11 is 0. The van der Waals surface area contributed by atoms with Crippen molar-refractivity contribution in [2.24, 2.45) is 17.8 Å². The zero-order valence-electron chi connectivity index (χ0n) is 10.2. The van der Waals surface area contributed by atoms with Crippen LogP contribution in [0.4, 0.5) is 0 Å². The molecule has 90 valence electrons. The number of ether oxygens (including phenoxy) is 1. The molecule has 3 unspecified atom stereocenters. The topological polar surface area (TPSA) is 26.3 Å². The van der Waals surface area contributed by atoms with Crippen LogP contribution in [0.2, 0.25) is 0 Å². The molecule has 0 radical (unpaired) electrons. The first-order valence-corrected chi connectivity index (χ1v) is 6.49. The van der Waals surface area contributed by atoms with Crippen molar-refractivity contribution in [2.45, 2.75) is 45.4 Å². The van der Waals surface area contributed by atoms with Crippen molar-refractivity contribution < 1.29 is 9.53 Å². The van der Waals surface area contributed by atoms with E-state index in [0.717, 1.165) is 11.8 Å². The highest BCUT2D eigenvalue weighted by molar-refractivity contribution is 5.86. The van der Waals surface area contributed by atoms with Crippen molar-refractivity contribution in [3.05, 3.63) is 12.2 Å². The standard InChI is InChI=1S/C14H22O2/c1-10(2)14(15)16-9-11-6-7-12-4-3-5-13(12)8-11/h11-13H,1,3-9H2,2H3. The van der Waals surface area contributed by atoms with Crippen molar-refractivity contribution in [1.29, 1.82) is 0 Å². The molecule has 2 aliphatic rings. The minimum atomic E-state index is -0.228. The Morgan fingerprint density at radius 3 is 2.75 bits per heavy atom. The van der Waals surface area contributed by atoms with E-state index in [9.17, 15) is 4.79 Å². The third-order valence-electron chi connectivity index (χ3n) is 4.20. The summed E-state index contributed by atoms with van der Waals surface area (Å²) in [6.45, 7) is 5.91. The van der Waals surface area contributed by atoms with Gasteiger partial charge in [0.05, 0.1) is 6.61 Å². The van der Waals surface area contributed by atoms with Crippen molar-refractivity contribution >= 4 is 5.97 Å². The largest absolute Gasteiger partial charge is 0.462 e. The monoisotopic (exact) mass is 222 g/mol. The van der Waals surface area contributed by atoms with Gasteiger partial charge in [0.1, 0.15) is 0 Å². The smallest absolute Gasteiger partial charge is 0.333 e. The van der Waals surface area contributed by atoms with E-state index >= 15 is 0 Å². The minimum absolute atomic E-state index is 0.228. The summed E-state index contributed by atoms with van der Waals surface area (Å²) in [6.07, 6.45) is 8.10. The van der Waals surface area contributed by atoms with Gasteiger partial charge >= 0.3 is 5.97 Å². The minimum Gasteiger partial charge on any atom is -0.462 e. The third-order valence-corrected chi connectivity index (χ3v) is 4.20. The van der Waals surface area contributed by atoms with E-state index in [1.165, 1.54) is 38.5 Å². The Kier molecular flexibility index (Phi) is 3.67. The molecule has 0 heterocycles. The predicted octanol–water partition coefficient (Wildman–Crippen LogP) is 3.32. The van der Waals surface area contributed by atoms with Crippen LogP contribution in [0.3, 0.4) is 0 Å². The van der Waals surface area contributed by atoms with Crippen LogP contribution in [-0.4, -0.2) is 12.6 Å². The van der Waals surface area contributed by atoms with Gasteiger partial charge < -0.3 is 4.74 Å². The van der Waals surface area contributed by atoms with Gasteiger partial charge in [0.15, 0.2) is 0 Å². The van der Waals surface area contributed by atoms with Crippen LogP contribution in [0.25, 0.3) is 0 Å². The molecule has 2 heteroatoms. The number of carbonyl (C=O) groups is 1. The van der Waals surface area contributed by atoms with Gasteiger partial charge in [-0.25, -0.2) is 4.79 Å². The highest BCUT2D eigenvalue weighted by Gasteiger charge is 2.33. The second kappa shape index (κ2) is 5.03. The number of hydrogen-bond donors (Lipinski definition) is 0. The van der Waals surface area contributed by atoms with E-state index in [1.807, 2.05) is 0 Å². The lowest BCUT2D eigenvalue weighted by atomic mass is 9.76. The van der Waals surface area contributed by atoms with Crippen molar-refractivity contribution in [3.8, 4) is 0 Å². The fraction of sp³-hybridized carbons (Fsp3) is 0.786. The number of hydrogen-bond acceptors (Lipinski definition) is 2. The molecule has 0 spiro atoms. The van der Waals surface area contributed by atoms with Crippen LogP contribution >= 0.6 is 0 Å². The molecule has 16 heavy (non-hydrogen) atoms. The lowest BCUT2D eigenvalue weighted by molar-refractivity contribution is -0.140. The Morgan fingerprint density at radius 1 is 1.25 bits per heavy atom. The highest BCUT2D eigenvalue weighted by Crippen LogP contribution is 2.44. The lowest BCUT2D eigenvalue weighted by Gasteiger charge is -2.31. The Hall–Kier alpha value is -0.790. The molecule has 2 aliphatic carbocycles. The van der Waals surface area contributed by atoms with Gasteiger partial charge in [-0.3, -0.25) is 0 Å². The van der Waals surface area contributed by atoms with E-state index in [2.05, 4.69) is 6.58 Å². The Balaban J connectivity index is 1.75. The fourth-order valence-corrected chi connectivity index (χ4v) is 3.27. The molecule has 2 fully saturated rings. The normalized spacial score (nSPS) is 33.2. The molecular formula is C14H22O2. The molecule has 2 saturated carbocycles. The van der Waals surface area contributed by atoms with Gasteiger partial charge in [0.25, 0.3) is 0 Å². The van der Waals surface area contributed by atoms with Gasteiger partial charge in [-0.15, -0.1) is 0 Å². The van der Waals surface area contributed by atoms with E-state index < -0.39 is 0 Å². The molecule has 2 nitrogen and oxygen atoms in total. The summed E-state index contributed by atoms with van der Waals surface area (Å²) in [7, 11) is 0. The van der Waals surface area contributed by atoms with Crippen LogP contribution in [0.15, 0.2) is 12.2 Å². The van der Waals surface area contributed by atoms with E-state index in [-0.39, 0.29) is 5.97 Å². The van der Waals surface area contributed by atoms with Crippen molar-refractivity contribution in [2.75, 3.05) is 6.61 Å². The van der Waals surface area contributed by atoms with E-state index in [0.29, 0.717) is 18.1 Å². The van der Waals surface area contributed by atoms with Gasteiger partial charge in [-0.1, -0.05) is 25.8 Å². The molecule has 0 amide bonds. The number of carbonyl (C=O) groups excluding carboxylic acids is 1. The number of fused-ring (bicyclic) bond motifs is 1. The molecule has 3 atom stereocenters. The SMILES string of the molecule is C=C(C)C(=O)OCC1CCC2CCCC2C1. The molecule has 0 aromatic rings. The first-order chi connectivity index (χ1) is 7.66. The van der Waals surface area contributed by atoms with Crippen LogP contribution in [0, 0.1) is 17.8 Å². The summed E-state index contributed by atoms with van der Waals surface area (Å²) in [5.74, 6) is 2.27. The summed E-state index contributed by atoms with van der Waals surface area (Å²) in [5, 5.41) is 0. The second-order valence-corrected chi connectivity index (χ2v) is 5.51. The first kappa shape index (κ1) is 11.7. The Morgan fingerprint density at radius 2 is 2.00 bits per heavy atom. The van der Waals surface area contributed by atoms with Gasteiger partial charge in [-0.2, -0.15) is 0 Å². The van der Waals surface area contributed by atoms with Gasteiger partial charge in [0, 0.05) is 5.57 Å². The molecule has 2 rings (SSSR count). The van der Waals surface area contributed by atoms with Gasteiger partial charge in [0.2, 0.25) is 0 Å². The predicted molar refractivity (Wildman–Crippen MR) is 63.9 cm³/mol. The van der Waals surface area contributed by atoms with Crippen LogP contribution < -0.4 is 0 Å². The molecule has 0 aliphatic heterocycles. The van der Waals surface area contributed by atoms with Crippen molar-refractivity contribution in [3.63, 3.8) is 0 Å². The van der Waals surface area contributed by atoms with Crippen LogP contribution in [0.5, 0.6) is 0 Å². The Bertz CT molecular complexity index is 282. The third kappa shape index (κ3) is 2.66. The molecule has 0 aromatic heterocycles.